The Kier molecular flexibility index (Phi) is 4.32. The number of nitrogens with zero attached hydrogens (tertiary/aromatic N) is 2. The molecule has 1 aliphatic rings. The number of carbonyl (C=O) groups is 2. The van der Waals surface area contributed by atoms with Crippen LogP contribution < -0.4 is 0 Å². The summed E-state index contributed by atoms with van der Waals surface area (Å²) >= 11 is 0. The molecule has 1 fully saturated rings. The number of benzene rings is 1. The van der Waals surface area contributed by atoms with Gasteiger partial charge in [-0.2, -0.15) is 0 Å². The van der Waals surface area contributed by atoms with Crippen LogP contribution in [0.5, 0.6) is 0 Å². The maximum atomic E-state index is 11.9. The Balaban J connectivity index is 2.07. The highest BCUT2D eigenvalue weighted by atomic mass is 16.6. The Hall–Kier alpha value is -2.70. The number of nitro groups is 1. The van der Waals surface area contributed by atoms with Crippen molar-refractivity contribution in [3.05, 3.63) is 46.0 Å². The molecule has 2 rings (SSSR count). The van der Waals surface area contributed by atoms with Crippen LogP contribution in [0, 0.1) is 16.0 Å². The number of nitro benzene ring substituents is 1. The van der Waals surface area contributed by atoms with Crippen LogP contribution in [0.15, 0.2) is 30.3 Å². The first-order chi connectivity index (χ1) is 9.99. The van der Waals surface area contributed by atoms with Gasteiger partial charge in [-0.1, -0.05) is 12.1 Å². The summed E-state index contributed by atoms with van der Waals surface area (Å²) in [4.78, 5) is 34.6. The van der Waals surface area contributed by atoms with Crippen molar-refractivity contribution in [3.63, 3.8) is 0 Å². The molecule has 1 unspecified atom stereocenters. The quantitative estimate of drug-likeness (QED) is 0.515. The Morgan fingerprint density at radius 3 is 2.71 bits per heavy atom. The highest BCUT2D eigenvalue weighted by molar-refractivity contribution is 5.93. The van der Waals surface area contributed by atoms with Crippen molar-refractivity contribution in [2.75, 3.05) is 13.1 Å². The monoisotopic (exact) mass is 290 g/mol. The molecule has 1 saturated heterocycles. The molecule has 0 radical (unpaired) electrons. The summed E-state index contributed by atoms with van der Waals surface area (Å²) in [5.41, 5.74) is 0.260. The van der Waals surface area contributed by atoms with Gasteiger partial charge in [-0.15, -0.1) is 0 Å². The topological polar surface area (TPSA) is 101 Å². The molecule has 1 aromatic carbocycles. The number of hydrogen-bond acceptors (Lipinski definition) is 4. The number of carboxylic acid groups (broad SMARTS) is 1. The van der Waals surface area contributed by atoms with E-state index in [1.165, 1.54) is 23.1 Å². The lowest BCUT2D eigenvalue weighted by molar-refractivity contribution is -0.385. The lowest BCUT2D eigenvalue weighted by Gasteiger charge is -2.12. The van der Waals surface area contributed by atoms with Gasteiger partial charge in [0.05, 0.1) is 16.4 Å². The van der Waals surface area contributed by atoms with Gasteiger partial charge in [0.15, 0.2) is 0 Å². The molecular formula is C14H14N2O5. The summed E-state index contributed by atoms with van der Waals surface area (Å²) in [7, 11) is 0. The molecular weight excluding hydrogens is 276 g/mol. The van der Waals surface area contributed by atoms with Crippen LogP contribution in [-0.4, -0.2) is 39.9 Å². The zero-order chi connectivity index (χ0) is 15.4. The number of likely N-dealkylation sites (tertiary alicyclic amines) is 1. The molecule has 7 heteroatoms. The maximum Gasteiger partial charge on any atom is 0.308 e. The first-order valence-electron chi connectivity index (χ1n) is 6.42. The summed E-state index contributed by atoms with van der Waals surface area (Å²) in [6, 6.07) is 6.11. The van der Waals surface area contributed by atoms with Crippen LogP contribution >= 0.6 is 0 Å². The normalized spacial score (nSPS) is 18.1. The van der Waals surface area contributed by atoms with E-state index in [1.54, 1.807) is 18.2 Å². The van der Waals surface area contributed by atoms with E-state index in [9.17, 15) is 19.7 Å². The smallest absolute Gasteiger partial charge is 0.308 e. The third kappa shape index (κ3) is 3.44. The predicted molar refractivity (Wildman–Crippen MR) is 74.5 cm³/mol. The average molecular weight is 290 g/mol. The standard InChI is InChI=1S/C14H14N2O5/c17-13(15-8-7-11(9-15)14(18)19)6-5-10-3-1-2-4-12(10)16(20)21/h1-6,11H,7-9H2,(H,18,19). The van der Waals surface area contributed by atoms with E-state index in [0.717, 1.165) is 0 Å². The van der Waals surface area contributed by atoms with Crippen molar-refractivity contribution in [3.8, 4) is 0 Å². The van der Waals surface area contributed by atoms with Crippen molar-refractivity contribution >= 4 is 23.6 Å². The van der Waals surface area contributed by atoms with Crippen LogP contribution in [0.3, 0.4) is 0 Å². The summed E-state index contributed by atoms with van der Waals surface area (Å²) < 4.78 is 0. The van der Waals surface area contributed by atoms with Gasteiger partial charge >= 0.3 is 5.97 Å². The van der Waals surface area contributed by atoms with Crippen LogP contribution in [0.1, 0.15) is 12.0 Å². The SMILES string of the molecule is O=C(O)C1CCN(C(=O)C=Cc2ccccc2[N+](=O)[O-])C1. The van der Waals surface area contributed by atoms with Crippen molar-refractivity contribution < 1.29 is 19.6 Å². The number of para-hydroxylation sites is 1. The van der Waals surface area contributed by atoms with E-state index in [1.807, 2.05) is 0 Å². The Morgan fingerprint density at radius 1 is 1.38 bits per heavy atom. The molecule has 0 saturated carbocycles. The van der Waals surface area contributed by atoms with Gasteiger partial charge < -0.3 is 10.0 Å². The minimum absolute atomic E-state index is 0.0774. The first kappa shape index (κ1) is 14.7. The second kappa shape index (κ2) is 6.17. The molecule has 1 heterocycles. The van der Waals surface area contributed by atoms with E-state index in [4.69, 9.17) is 5.11 Å². The Bertz CT molecular complexity index is 611. The minimum atomic E-state index is -0.909. The van der Waals surface area contributed by atoms with Crippen molar-refractivity contribution in [2.24, 2.45) is 5.92 Å². The molecule has 0 bridgehead atoms. The van der Waals surface area contributed by atoms with Gasteiger partial charge in [-0.05, 0) is 18.6 Å². The number of carboxylic acids is 1. The molecule has 0 aromatic heterocycles. The van der Waals surface area contributed by atoms with Gasteiger partial charge in [-0.25, -0.2) is 0 Å². The van der Waals surface area contributed by atoms with Crippen molar-refractivity contribution in [2.45, 2.75) is 6.42 Å². The van der Waals surface area contributed by atoms with Gasteiger partial charge in [0.1, 0.15) is 0 Å². The molecule has 0 spiro atoms. The number of carbonyl (C=O) groups excluding carboxylic acids is 1. The minimum Gasteiger partial charge on any atom is -0.481 e. The van der Waals surface area contributed by atoms with Gasteiger partial charge in [0.2, 0.25) is 5.91 Å². The molecule has 1 aliphatic heterocycles. The lowest BCUT2D eigenvalue weighted by atomic mass is 10.1. The van der Waals surface area contributed by atoms with E-state index < -0.39 is 16.8 Å². The molecule has 7 nitrogen and oxygen atoms in total. The van der Waals surface area contributed by atoms with E-state index >= 15 is 0 Å². The largest absolute Gasteiger partial charge is 0.481 e. The zero-order valence-electron chi connectivity index (χ0n) is 11.1. The van der Waals surface area contributed by atoms with Gasteiger partial charge in [0.25, 0.3) is 5.69 Å². The fraction of sp³-hybridized carbons (Fsp3) is 0.286. The Labute approximate surface area is 120 Å². The molecule has 0 aliphatic carbocycles. The molecule has 1 N–H and O–H groups in total. The summed E-state index contributed by atoms with van der Waals surface area (Å²) in [6.45, 7) is 0.562. The van der Waals surface area contributed by atoms with Crippen molar-refractivity contribution in [1.29, 1.82) is 0 Å². The molecule has 21 heavy (non-hydrogen) atoms. The number of aliphatic carboxylic acids is 1. The van der Waals surface area contributed by atoms with Crippen LogP contribution in [0.2, 0.25) is 0 Å². The summed E-state index contributed by atoms with van der Waals surface area (Å²) in [5.74, 6) is -1.78. The van der Waals surface area contributed by atoms with E-state index in [0.29, 0.717) is 18.5 Å². The van der Waals surface area contributed by atoms with Gasteiger partial charge in [0, 0.05) is 25.2 Å². The Morgan fingerprint density at radius 2 is 2.10 bits per heavy atom. The number of hydrogen-bond donors (Lipinski definition) is 1. The van der Waals surface area contributed by atoms with Crippen molar-refractivity contribution in [1.82, 2.24) is 4.90 Å². The van der Waals surface area contributed by atoms with Crippen LogP contribution in [0.4, 0.5) is 5.69 Å². The zero-order valence-corrected chi connectivity index (χ0v) is 11.1. The molecule has 1 atom stereocenters. The van der Waals surface area contributed by atoms with E-state index in [-0.39, 0.29) is 18.1 Å². The van der Waals surface area contributed by atoms with E-state index in [2.05, 4.69) is 0 Å². The third-order valence-corrected chi connectivity index (χ3v) is 3.39. The number of rotatable bonds is 4. The fourth-order valence-corrected chi connectivity index (χ4v) is 2.22. The highest BCUT2D eigenvalue weighted by Crippen LogP contribution is 2.20. The lowest BCUT2D eigenvalue weighted by Crippen LogP contribution is -2.28. The highest BCUT2D eigenvalue weighted by Gasteiger charge is 2.29. The van der Waals surface area contributed by atoms with Gasteiger partial charge in [-0.3, -0.25) is 19.7 Å². The average Bonchev–Trinajstić information content (AvgIpc) is 2.95. The second-order valence-electron chi connectivity index (χ2n) is 4.76. The maximum absolute atomic E-state index is 11.9. The first-order valence-corrected chi connectivity index (χ1v) is 6.42. The predicted octanol–water partition coefficient (Wildman–Crippen LogP) is 1.54. The molecule has 1 aromatic rings. The number of amides is 1. The summed E-state index contributed by atoms with van der Waals surface area (Å²) in [5, 5.41) is 19.7. The third-order valence-electron chi connectivity index (χ3n) is 3.39. The summed E-state index contributed by atoms with van der Waals surface area (Å²) in [6.07, 6.45) is 3.06. The molecule has 110 valence electrons. The second-order valence-corrected chi connectivity index (χ2v) is 4.76. The van der Waals surface area contributed by atoms with Crippen LogP contribution in [-0.2, 0) is 9.59 Å². The fourth-order valence-electron chi connectivity index (χ4n) is 2.22. The molecule has 1 amide bonds. The van der Waals surface area contributed by atoms with Crippen LogP contribution in [0.25, 0.3) is 6.08 Å².